The first kappa shape index (κ1) is 18.3. The van der Waals surface area contributed by atoms with E-state index in [2.05, 4.69) is 10.2 Å². The van der Waals surface area contributed by atoms with Gasteiger partial charge < -0.3 is 19.5 Å². The van der Waals surface area contributed by atoms with Gasteiger partial charge in [0.05, 0.1) is 18.9 Å². The molecule has 1 fully saturated rings. The Hall–Kier alpha value is -2.54. The van der Waals surface area contributed by atoms with Crippen LogP contribution >= 0.6 is 0 Å². The van der Waals surface area contributed by atoms with Crippen molar-refractivity contribution < 1.29 is 19.4 Å². The molecule has 26 heavy (non-hydrogen) atoms. The van der Waals surface area contributed by atoms with Crippen LogP contribution in [0.5, 0.6) is 11.5 Å². The summed E-state index contributed by atoms with van der Waals surface area (Å²) in [6.07, 6.45) is 1.31. The fourth-order valence-electron chi connectivity index (χ4n) is 3.19. The number of para-hydroxylation sites is 2. The van der Waals surface area contributed by atoms with Crippen molar-refractivity contribution in [2.75, 3.05) is 20.2 Å². The van der Waals surface area contributed by atoms with Gasteiger partial charge in [-0.3, -0.25) is 9.89 Å². The molecular formula is C19H25N3O4. The molecule has 1 amide bonds. The predicted octanol–water partition coefficient (Wildman–Crippen LogP) is 2.23. The van der Waals surface area contributed by atoms with E-state index in [0.29, 0.717) is 30.3 Å². The number of piperidine rings is 1. The lowest BCUT2D eigenvalue weighted by Gasteiger charge is -2.32. The zero-order valence-electron chi connectivity index (χ0n) is 15.1. The molecule has 7 nitrogen and oxygen atoms in total. The van der Waals surface area contributed by atoms with Gasteiger partial charge in [0.2, 0.25) is 0 Å². The summed E-state index contributed by atoms with van der Waals surface area (Å²) in [4.78, 5) is 14.4. The molecule has 1 aliphatic rings. The molecule has 1 atom stereocenters. The first-order chi connectivity index (χ1) is 12.6. The summed E-state index contributed by atoms with van der Waals surface area (Å²) >= 11 is 0. The van der Waals surface area contributed by atoms with E-state index >= 15 is 0 Å². The van der Waals surface area contributed by atoms with E-state index in [1.54, 1.807) is 18.1 Å². The number of aliphatic hydroxyl groups excluding tert-OH is 1. The number of methoxy groups -OCH3 is 1. The minimum Gasteiger partial charge on any atom is -0.493 e. The molecule has 0 unspecified atom stereocenters. The molecular weight excluding hydrogens is 334 g/mol. The number of likely N-dealkylation sites (tertiary alicyclic amines) is 1. The molecule has 7 heteroatoms. The second-order valence-electron chi connectivity index (χ2n) is 6.59. The van der Waals surface area contributed by atoms with Gasteiger partial charge in [-0.05, 0) is 43.9 Å². The van der Waals surface area contributed by atoms with E-state index in [0.717, 1.165) is 18.5 Å². The van der Waals surface area contributed by atoms with Gasteiger partial charge in [0.1, 0.15) is 6.61 Å². The molecule has 2 heterocycles. The van der Waals surface area contributed by atoms with Crippen LogP contribution in [0.25, 0.3) is 0 Å². The van der Waals surface area contributed by atoms with Crippen molar-refractivity contribution >= 4 is 5.91 Å². The molecule has 1 aliphatic heterocycles. The third-order valence-corrected chi connectivity index (χ3v) is 4.81. The summed E-state index contributed by atoms with van der Waals surface area (Å²) in [5.74, 6) is 1.47. The summed E-state index contributed by atoms with van der Waals surface area (Å²) in [5.41, 5.74) is 1.11. The van der Waals surface area contributed by atoms with Crippen molar-refractivity contribution in [3.63, 3.8) is 0 Å². The molecule has 0 radical (unpaired) electrons. The summed E-state index contributed by atoms with van der Waals surface area (Å²) in [6.45, 7) is 3.37. The zero-order chi connectivity index (χ0) is 18.5. The number of carbonyl (C=O) groups is 1. The molecule has 2 N–H and O–H groups in total. The zero-order valence-corrected chi connectivity index (χ0v) is 15.1. The topological polar surface area (TPSA) is 87.7 Å². The van der Waals surface area contributed by atoms with Crippen LogP contribution in [0.3, 0.4) is 0 Å². The highest BCUT2D eigenvalue weighted by Crippen LogP contribution is 2.26. The van der Waals surface area contributed by atoms with Crippen LogP contribution in [0.2, 0.25) is 0 Å². The number of aliphatic hydroxyl groups is 1. The molecule has 0 aliphatic carbocycles. The van der Waals surface area contributed by atoms with E-state index in [9.17, 15) is 9.90 Å². The molecule has 140 valence electrons. The maximum atomic E-state index is 12.6. The van der Waals surface area contributed by atoms with Crippen LogP contribution in [0.15, 0.2) is 30.3 Å². The van der Waals surface area contributed by atoms with Crippen LogP contribution in [0.1, 0.15) is 35.9 Å². The maximum absolute atomic E-state index is 12.6. The summed E-state index contributed by atoms with van der Waals surface area (Å²) in [5, 5.41) is 16.6. The van der Waals surface area contributed by atoms with Crippen molar-refractivity contribution in [2.24, 2.45) is 5.92 Å². The van der Waals surface area contributed by atoms with Crippen LogP contribution in [-0.4, -0.2) is 52.4 Å². The number of amides is 1. The Labute approximate surface area is 152 Å². The number of aromatic nitrogens is 2. The van der Waals surface area contributed by atoms with Gasteiger partial charge in [0.25, 0.3) is 5.91 Å². The lowest BCUT2D eigenvalue weighted by Crippen LogP contribution is -2.40. The number of aromatic amines is 1. The number of hydrogen-bond donors (Lipinski definition) is 2. The Morgan fingerprint density at radius 1 is 1.35 bits per heavy atom. The number of nitrogens with zero attached hydrogens (tertiary/aromatic N) is 2. The Kier molecular flexibility index (Phi) is 5.78. The number of nitrogens with one attached hydrogen (secondary N) is 1. The second kappa shape index (κ2) is 8.23. The first-order valence-electron chi connectivity index (χ1n) is 8.86. The highest BCUT2D eigenvalue weighted by atomic mass is 16.5. The van der Waals surface area contributed by atoms with Gasteiger partial charge in [-0.15, -0.1) is 0 Å². The summed E-state index contributed by atoms with van der Waals surface area (Å²) in [7, 11) is 1.59. The monoisotopic (exact) mass is 359 g/mol. The van der Waals surface area contributed by atoms with Gasteiger partial charge in [-0.25, -0.2) is 0 Å². The van der Waals surface area contributed by atoms with Gasteiger partial charge in [-0.1, -0.05) is 12.1 Å². The van der Waals surface area contributed by atoms with Crippen LogP contribution in [-0.2, 0) is 6.61 Å². The van der Waals surface area contributed by atoms with Crippen molar-refractivity contribution in [2.45, 2.75) is 32.5 Å². The Balaban J connectivity index is 1.57. The quantitative estimate of drug-likeness (QED) is 0.826. The SMILES string of the molecule is COc1ccccc1OCc1cc(C(=O)N2CCC([C@@H](C)O)CC2)n[nH]1. The minimum atomic E-state index is -0.323. The number of benzene rings is 1. The molecule has 3 rings (SSSR count). The molecule has 1 aromatic heterocycles. The van der Waals surface area contributed by atoms with Gasteiger partial charge in [-0.2, -0.15) is 5.10 Å². The van der Waals surface area contributed by atoms with E-state index in [-0.39, 0.29) is 24.5 Å². The fourth-order valence-corrected chi connectivity index (χ4v) is 3.19. The number of hydrogen-bond acceptors (Lipinski definition) is 5. The van der Waals surface area contributed by atoms with E-state index in [1.807, 2.05) is 31.2 Å². The number of rotatable bonds is 6. The Morgan fingerprint density at radius 2 is 2.04 bits per heavy atom. The Bertz CT molecular complexity index is 736. The van der Waals surface area contributed by atoms with E-state index in [4.69, 9.17) is 9.47 Å². The van der Waals surface area contributed by atoms with E-state index < -0.39 is 0 Å². The summed E-state index contributed by atoms with van der Waals surface area (Å²) < 4.78 is 11.0. The average Bonchev–Trinajstić information content (AvgIpc) is 3.15. The van der Waals surface area contributed by atoms with Crippen molar-refractivity contribution in [3.8, 4) is 11.5 Å². The number of ether oxygens (including phenoxy) is 2. The van der Waals surface area contributed by atoms with Gasteiger partial charge in [0, 0.05) is 13.1 Å². The van der Waals surface area contributed by atoms with Crippen molar-refractivity contribution in [1.29, 1.82) is 0 Å². The lowest BCUT2D eigenvalue weighted by molar-refractivity contribution is 0.0517. The van der Waals surface area contributed by atoms with Crippen LogP contribution in [0, 0.1) is 5.92 Å². The standard InChI is InChI=1S/C19H25N3O4/c1-13(23)14-7-9-22(10-8-14)19(24)16-11-15(20-21-16)12-26-18-6-4-3-5-17(18)25-2/h3-6,11,13-14,23H,7-10,12H2,1-2H3,(H,20,21)/t13-/m1/s1. The second-order valence-corrected chi connectivity index (χ2v) is 6.59. The number of H-pyrrole nitrogens is 1. The average molecular weight is 359 g/mol. The van der Waals surface area contributed by atoms with Crippen molar-refractivity contribution in [3.05, 3.63) is 41.7 Å². The Morgan fingerprint density at radius 3 is 2.69 bits per heavy atom. The van der Waals surface area contributed by atoms with Crippen LogP contribution in [0.4, 0.5) is 0 Å². The number of carbonyl (C=O) groups excluding carboxylic acids is 1. The molecule has 0 saturated carbocycles. The highest BCUT2D eigenvalue weighted by molar-refractivity contribution is 5.92. The maximum Gasteiger partial charge on any atom is 0.274 e. The summed E-state index contributed by atoms with van der Waals surface area (Å²) in [6, 6.07) is 9.12. The fraction of sp³-hybridized carbons (Fsp3) is 0.474. The third kappa shape index (κ3) is 4.16. The normalized spacial score (nSPS) is 16.3. The molecule has 1 saturated heterocycles. The highest BCUT2D eigenvalue weighted by Gasteiger charge is 2.27. The minimum absolute atomic E-state index is 0.0890. The largest absolute Gasteiger partial charge is 0.493 e. The first-order valence-corrected chi connectivity index (χ1v) is 8.86. The molecule has 0 bridgehead atoms. The third-order valence-electron chi connectivity index (χ3n) is 4.81. The molecule has 1 aromatic carbocycles. The predicted molar refractivity (Wildman–Crippen MR) is 96.2 cm³/mol. The van der Waals surface area contributed by atoms with Crippen LogP contribution < -0.4 is 9.47 Å². The lowest BCUT2D eigenvalue weighted by atomic mass is 9.92. The van der Waals surface area contributed by atoms with Crippen molar-refractivity contribution in [1.82, 2.24) is 15.1 Å². The molecule has 2 aromatic rings. The van der Waals surface area contributed by atoms with Gasteiger partial charge in [0.15, 0.2) is 17.2 Å². The van der Waals surface area contributed by atoms with E-state index in [1.165, 1.54) is 0 Å². The smallest absolute Gasteiger partial charge is 0.274 e. The van der Waals surface area contributed by atoms with Gasteiger partial charge >= 0.3 is 0 Å². The molecule has 0 spiro atoms.